The fourth-order valence-electron chi connectivity index (χ4n) is 0.530. The van der Waals surface area contributed by atoms with Crippen molar-refractivity contribution < 1.29 is 0 Å². The van der Waals surface area contributed by atoms with Crippen molar-refractivity contribution in [2.24, 2.45) is 0 Å². The van der Waals surface area contributed by atoms with E-state index in [1.165, 1.54) is 12.1 Å². The molecular weight excluding hydrogens is 140 g/mol. The summed E-state index contributed by atoms with van der Waals surface area (Å²) in [5.74, 6) is 0.285. The molecule has 0 saturated heterocycles. The van der Waals surface area contributed by atoms with Gasteiger partial charge in [-0.2, -0.15) is 0 Å². The van der Waals surface area contributed by atoms with E-state index in [0.717, 1.165) is 0 Å². The van der Waals surface area contributed by atoms with Gasteiger partial charge in [0.1, 0.15) is 11.0 Å². The van der Waals surface area contributed by atoms with E-state index in [4.69, 9.17) is 17.3 Å². The minimum absolute atomic E-state index is 0.184. The summed E-state index contributed by atoms with van der Waals surface area (Å²) in [6.45, 7) is 0. The summed E-state index contributed by atoms with van der Waals surface area (Å²) in [6.07, 6.45) is 0. The van der Waals surface area contributed by atoms with Crippen LogP contribution in [-0.4, -0.2) is 4.98 Å². The summed E-state index contributed by atoms with van der Waals surface area (Å²) < 4.78 is 0. The van der Waals surface area contributed by atoms with E-state index in [-0.39, 0.29) is 16.4 Å². The summed E-state index contributed by atoms with van der Waals surface area (Å²) in [5, 5.41) is 0.264. The second kappa shape index (κ2) is 2.11. The second-order valence-electron chi connectivity index (χ2n) is 1.62. The van der Waals surface area contributed by atoms with E-state index in [0.29, 0.717) is 0 Å². The zero-order chi connectivity index (χ0) is 6.85. The van der Waals surface area contributed by atoms with Gasteiger partial charge in [-0.05, 0) is 0 Å². The molecule has 4 heteroatoms. The number of nitrogens with one attached hydrogen (secondary N) is 1. The van der Waals surface area contributed by atoms with Crippen LogP contribution in [0.4, 0.5) is 5.82 Å². The van der Waals surface area contributed by atoms with Gasteiger partial charge in [0.15, 0.2) is 5.43 Å². The molecule has 0 aliphatic carbocycles. The van der Waals surface area contributed by atoms with Crippen molar-refractivity contribution in [1.82, 2.24) is 4.98 Å². The monoisotopic (exact) mass is 144 g/mol. The third-order valence-electron chi connectivity index (χ3n) is 0.830. The fraction of sp³-hybridized carbons (Fsp3) is 0. The molecule has 0 amide bonds. The molecule has 48 valence electrons. The summed E-state index contributed by atoms with van der Waals surface area (Å²) in [5.41, 5.74) is 5.04. The average molecular weight is 145 g/mol. The van der Waals surface area contributed by atoms with E-state index in [1.807, 2.05) is 0 Å². The normalized spacial score (nSPS) is 9.44. The number of nitrogens with two attached hydrogens (primary N) is 1. The Hall–Kier alpha value is -0.960. The van der Waals surface area contributed by atoms with Gasteiger partial charge in [-0.1, -0.05) is 11.6 Å². The molecular formula is C5H5ClN2O. The molecule has 0 unspecified atom stereocenters. The van der Waals surface area contributed by atoms with Gasteiger partial charge in [0, 0.05) is 12.1 Å². The number of pyridine rings is 1. The fourth-order valence-corrected chi connectivity index (χ4v) is 0.747. The third kappa shape index (κ3) is 1.47. The van der Waals surface area contributed by atoms with Crippen LogP contribution in [0.5, 0.6) is 0 Å². The smallest absolute Gasteiger partial charge is 0.185 e. The summed E-state index contributed by atoms with van der Waals surface area (Å²) in [6, 6.07) is 2.53. The molecule has 0 saturated carbocycles. The zero-order valence-electron chi connectivity index (χ0n) is 4.52. The van der Waals surface area contributed by atoms with Crippen LogP contribution in [0.1, 0.15) is 0 Å². The molecule has 1 aromatic heterocycles. The van der Waals surface area contributed by atoms with Crippen molar-refractivity contribution in [3.63, 3.8) is 0 Å². The molecule has 0 aromatic carbocycles. The molecule has 0 aliphatic rings. The first-order valence-corrected chi connectivity index (χ1v) is 2.71. The molecule has 0 spiro atoms. The first kappa shape index (κ1) is 6.16. The number of hydrogen-bond acceptors (Lipinski definition) is 2. The predicted octanol–water partition coefficient (Wildman–Crippen LogP) is 0.611. The maximum Gasteiger partial charge on any atom is 0.185 e. The highest BCUT2D eigenvalue weighted by molar-refractivity contribution is 6.29. The van der Waals surface area contributed by atoms with Gasteiger partial charge in [0.05, 0.1) is 0 Å². The lowest BCUT2D eigenvalue weighted by Gasteiger charge is -1.91. The van der Waals surface area contributed by atoms with Crippen molar-refractivity contribution in [3.8, 4) is 0 Å². The lowest BCUT2D eigenvalue weighted by molar-refractivity contribution is 1.31. The van der Waals surface area contributed by atoms with E-state index in [2.05, 4.69) is 4.98 Å². The van der Waals surface area contributed by atoms with Crippen LogP contribution < -0.4 is 11.2 Å². The third-order valence-corrected chi connectivity index (χ3v) is 1.03. The maximum atomic E-state index is 10.5. The molecule has 0 atom stereocenters. The summed E-state index contributed by atoms with van der Waals surface area (Å²) in [4.78, 5) is 13.1. The van der Waals surface area contributed by atoms with Gasteiger partial charge < -0.3 is 10.7 Å². The van der Waals surface area contributed by atoms with Crippen molar-refractivity contribution in [2.75, 3.05) is 5.73 Å². The predicted molar refractivity (Wildman–Crippen MR) is 36.5 cm³/mol. The van der Waals surface area contributed by atoms with Crippen LogP contribution in [0, 0.1) is 0 Å². The standard InChI is InChI=1S/C5H5ClN2O/c6-4-1-3(9)2-5(7)8-4/h1-2H,(H3,7,8,9). The first-order valence-electron chi connectivity index (χ1n) is 2.34. The Balaban J connectivity index is 3.33. The number of aromatic nitrogens is 1. The highest BCUT2D eigenvalue weighted by Crippen LogP contribution is 2.00. The van der Waals surface area contributed by atoms with Crippen LogP contribution in [-0.2, 0) is 0 Å². The van der Waals surface area contributed by atoms with E-state index >= 15 is 0 Å². The lowest BCUT2D eigenvalue weighted by Crippen LogP contribution is -2.01. The van der Waals surface area contributed by atoms with Crippen LogP contribution in [0.25, 0.3) is 0 Å². The molecule has 9 heavy (non-hydrogen) atoms. The second-order valence-corrected chi connectivity index (χ2v) is 2.03. The number of nitrogen functional groups attached to an aromatic ring is 1. The highest BCUT2D eigenvalue weighted by atomic mass is 35.5. The number of H-pyrrole nitrogens is 1. The minimum atomic E-state index is -0.184. The van der Waals surface area contributed by atoms with Crippen molar-refractivity contribution in [3.05, 3.63) is 27.5 Å². The molecule has 3 nitrogen and oxygen atoms in total. The van der Waals surface area contributed by atoms with Crippen molar-refractivity contribution in [1.29, 1.82) is 0 Å². The van der Waals surface area contributed by atoms with Gasteiger partial charge in [-0.3, -0.25) is 4.79 Å². The summed E-state index contributed by atoms with van der Waals surface area (Å²) in [7, 11) is 0. The Labute approximate surface area is 56.5 Å². The van der Waals surface area contributed by atoms with E-state index in [9.17, 15) is 4.79 Å². The molecule has 0 bridgehead atoms. The van der Waals surface area contributed by atoms with Crippen LogP contribution in [0.15, 0.2) is 16.9 Å². The maximum absolute atomic E-state index is 10.5. The number of rotatable bonds is 0. The van der Waals surface area contributed by atoms with Gasteiger partial charge in [0.25, 0.3) is 0 Å². The van der Waals surface area contributed by atoms with E-state index in [1.54, 1.807) is 0 Å². The molecule has 0 aliphatic heterocycles. The molecule has 1 aromatic rings. The number of halogens is 1. The number of aromatic amines is 1. The van der Waals surface area contributed by atoms with Crippen LogP contribution in [0.3, 0.4) is 0 Å². The lowest BCUT2D eigenvalue weighted by atomic mass is 10.4. The first-order chi connectivity index (χ1) is 4.18. The van der Waals surface area contributed by atoms with Gasteiger partial charge in [-0.25, -0.2) is 0 Å². The molecule has 1 heterocycles. The SMILES string of the molecule is Nc1cc(=O)cc(Cl)[nH]1. The Morgan fingerprint density at radius 1 is 1.56 bits per heavy atom. The Bertz CT molecular complexity index is 245. The minimum Gasteiger partial charge on any atom is -0.385 e. The molecule has 3 N–H and O–H groups in total. The van der Waals surface area contributed by atoms with Gasteiger partial charge in [-0.15, -0.1) is 0 Å². The quantitative estimate of drug-likeness (QED) is 0.524. The Morgan fingerprint density at radius 2 is 2.22 bits per heavy atom. The van der Waals surface area contributed by atoms with Crippen molar-refractivity contribution in [2.45, 2.75) is 0 Å². The van der Waals surface area contributed by atoms with Gasteiger partial charge >= 0.3 is 0 Å². The number of hydrogen-bond donors (Lipinski definition) is 2. The van der Waals surface area contributed by atoms with Crippen LogP contribution >= 0.6 is 11.6 Å². The Morgan fingerprint density at radius 3 is 2.67 bits per heavy atom. The van der Waals surface area contributed by atoms with Crippen molar-refractivity contribution >= 4 is 17.4 Å². The summed E-state index contributed by atoms with van der Waals surface area (Å²) >= 11 is 5.41. The topological polar surface area (TPSA) is 58.9 Å². The van der Waals surface area contributed by atoms with Gasteiger partial charge in [0.2, 0.25) is 0 Å². The molecule has 0 radical (unpaired) electrons. The number of anilines is 1. The van der Waals surface area contributed by atoms with E-state index < -0.39 is 0 Å². The highest BCUT2D eigenvalue weighted by Gasteiger charge is 1.89. The zero-order valence-corrected chi connectivity index (χ0v) is 5.27. The largest absolute Gasteiger partial charge is 0.385 e. The average Bonchev–Trinajstić information content (AvgIpc) is 1.59. The van der Waals surface area contributed by atoms with Crippen LogP contribution in [0.2, 0.25) is 5.15 Å². The molecule has 0 fully saturated rings. The molecule has 1 rings (SSSR count). The Kier molecular flexibility index (Phi) is 1.44.